The van der Waals surface area contributed by atoms with E-state index in [1.165, 1.54) is 23.9 Å². The van der Waals surface area contributed by atoms with Gasteiger partial charge in [-0.25, -0.2) is 4.39 Å². The van der Waals surface area contributed by atoms with Gasteiger partial charge in [0.2, 0.25) is 0 Å². The van der Waals surface area contributed by atoms with Crippen LogP contribution in [0.5, 0.6) is 0 Å². The van der Waals surface area contributed by atoms with Gasteiger partial charge in [-0.3, -0.25) is 4.79 Å². The molecule has 2 aromatic rings. The van der Waals surface area contributed by atoms with Crippen molar-refractivity contribution in [2.24, 2.45) is 5.92 Å². The number of halogens is 1. The van der Waals surface area contributed by atoms with E-state index in [-0.39, 0.29) is 17.7 Å². The van der Waals surface area contributed by atoms with Crippen LogP contribution in [0.1, 0.15) is 12.5 Å². The van der Waals surface area contributed by atoms with Crippen LogP contribution >= 0.6 is 11.8 Å². The van der Waals surface area contributed by atoms with Gasteiger partial charge in [-0.2, -0.15) is 0 Å². The lowest BCUT2D eigenvalue weighted by Crippen LogP contribution is -2.16. The maximum absolute atomic E-state index is 12.8. The summed E-state index contributed by atoms with van der Waals surface area (Å²) in [4.78, 5) is 12.8. The summed E-state index contributed by atoms with van der Waals surface area (Å²) in [7, 11) is 0. The largest absolute Gasteiger partial charge is 0.461 e. The summed E-state index contributed by atoms with van der Waals surface area (Å²) in [6, 6.07) is 15.9. The Morgan fingerprint density at radius 1 is 1.14 bits per heavy atom. The third kappa shape index (κ3) is 5.23. The molecule has 0 amide bonds. The van der Waals surface area contributed by atoms with Crippen molar-refractivity contribution in [2.75, 3.05) is 5.75 Å². The third-order valence-electron chi connectivity index (χ3n) is 2.94. The molecule has 0 bridgehead atoms. The minimum absolute atomic E-state index is 0.205. The smallest absolute Gasteiger partial charge is 0.309 e. The van der Waals surface area contributed by atoms with Crippen LogP contribution in [0.3, 0.4) is 0 Å². The Bertz CT molecular complexity index is 569. The highest BCUT2D eigenvalue weighted by molar-refractivity contribution is 7.99. The van der Waals surface area contributed by atoms with Gasteiger partial charge in [-0.05, 0) is 29.8 Å². The van der Waals surface area contributed by atoms with Gasteiger partial charge in [-0.1, -0.05) is 37.3 Å². The van der Waals surface area contributed by atoms with E-state index in [0.29, 0.717) is 12.4 Å². The Labute approximate surface area is 128 Å². The van der Waals surface area contributed by atoms with Crippen LogP contribution in [-0.2, 0) is 16.1 Å². The minimum atomic E-state index is -0.255. The van der Waals surface area contributed by atoms with Gasteiger partial charge in [0.15, 0.2) is 0 Å². The fraction of sp³-hybridized carbons (Fsp3) is 0.235. The Morgan fingerprint density at radius 3 is 2.48 bits per heavy atom. The van der Waals surface area contributed by atoms with Crippen LogP contribution in [0.4, 0.5) is 4.39 Å². The average molecular weight is 304 g/mol. The van der Waals surface area contributed by atoms with Crippen LogP contribution in [0, 0.1) is 11.7 Å². The molecule has 2 aromatic carbocycles. The quantitative estimate of drug-likeness (QED) is 0.588. The number of carbonyl (C=O) groups excluding carboxylic acids is 1. The second-order valence-corrected chi connectivity index (χ2v) is 5.85. The Kier molecular flexibility index (Phi) is 5.81. The first-order chi connectivity index (χ1) is 10.1. The molecule has 2 nitrogen and oxygen atoms in total. The highest BCUT2D eigenvalue weighted by Crippen LogP contribution is 2.21. The molecule has 0 aromatic heterocycles. The van der Waals surface area contributed by atoms with E-state index < -0.39 is 0 Å². The van der Waals surface area contributed by atoms with Crippen LogP contribution in [0.2, 0.25) is 0 Å². The van der Waals surface area contributed by atoms with Crippen molar-refractivity contribution < 1.29 is 13.9 Å². The molecule has 0 saturated carbocycles. The first kappa shape index (κ1) is 15.6. The second kappa shape index (κ2) is 7.84. The van der Waals surface area contributed by atoms with Crippen LogP contribution in [0.15, 0.2) is 59.5 Å². The molecule has 21 heavy (non-hydrogen) atoms. The van der Waals surface area contributed by atoms with Gasteiger partial charge in [0, 0.05) is 10.6 Å². The number of thioether (sulfide) groups is 1. The monoisotopic (exact) mass is 304 g/mol. The summed E-state index contributed by atoms with van der Waals surface area (Å²) in [5, 5.41) is 0. The van der Waals surface area contributed by atoms with E-state index in [0.717, 1.165) is 10.5 Å². The number of benzene rings is 2. The molecule has 0 fully saturated rings. The average Bonchev–Trinajstić information content (AvgIpc) is 2.52. The van der Waals surface area contributed by atoms with Crippen molar-refractivity contribution in [1.29, 1.82) is 0 Å². The highest BCUT2D eigenvalue weighted by atomic mass is 32.2. The lowest BCUT2D eigenvalue weighted by Gasteiger charge is -2.11. The zero-order valence-corrected chi connectivity index (χ0v) is 12.6. The maximum Gasteiger partial charge on any atom is 0.309 e. The van der Waals surface area contributed by atoms with E-state index >= 15 is 0 Å². The van der Waals surface area contributed by atoms with E-state index in [1.54, 1.807) is 12.1 Å². The van der Waals surface area contributed by atoms with E-state index in [1.807, 2.05) is 37.3 Å². The molecule has 0 aliphatic carbocycles. The molecule has 0 saturated heterocycles. The zero-order chi connectivity index (χ0) is 15.1. The van der Waals surface area contributed by atoms with Crippen LogP contribution in [-0.4, -0.2) is 11.7 Å². The number of ether oxygens (including phenoxy) is 1. The van der Waals surface area contributed by atoms with Gasteiger partial charge in [0.25, 0.3) is 0 Å². The first-order valence-electron chi connectivity index (χ1n) is 6.74. The Hall–Kier alpha value is -1.81. The molecule has 0 radical (unpaired) electrons. The van der Waals surface area contributed by atoms with E-state index in [9.17, 15) is 9.18 Å². The van der Waals surface area contributed by atoms with Crippen molar-refractivity contribution >= 4 is 17.7 Å². The number of rotatable bonds is 6. The molecular formula is C17H17FO2S. The van der Waals surface area contributed by atoms with Crippen LogP contribution in [0.25, 0.3) is 0 Å². The van der Waals surface area contributed by atoms with Gasteiger partial charge in [-0.15, -0.1) is 11.8 Å². The SMILES string of the molecule is CC(CSc1ccc(F)cc1)C(=O)OCc1ccccc1. The normalized spacial score (nSPS) is 11.9. The number of hydrogen-bond donors (Lipinski definition) is 0. The summed E-state index contributed by atoms with van der Waals surface area (Å²) in [6.45, 7) is 2.13. The van der Waals surface area contributed by atoms with Crippen molar-refractivity contribution in [3.05, 3.63) is 66.0 Å². The van der Waals surface area contributed by atoms with Crippen molar-refractivity contribution in [3.8, 4) is 0 Å². The number of carbonyl (C=O) groups is 1. The molecule has 0 aliphatic heterocycles. The predicted molar refractivity (Wildman–Crippen MR) is 82.5 cm³/mol. The lowest BCUT2D eigenvalue weighted by molar-refractivity contribution is -0.148. The van der Waals surface area contributed by atoms with Gasteiger partial charge >= 0.3 is 5.97 Å². The molecule has 0 spiro atoms. The van der Waals surface area contributed by atoms with Crippen molar-refractivity contribution in [2.45, 2.75) is 18.4 Å². The van der Waals surface area contributed by atoms with Crippen molar-refractivity contribution in [3.63, 3.8) is 0 Å². The summed E-state index contributed by atoms with van der Waals surface area (Å²) in [6.07, 6.45) is 0. The minimum Gasteiger partial charge on any atom is -0.461 e. The van der Waals surface area contributed by atoms with E-state index in [4.69, 9.17) is 4.74 Å². The van der Waals surface area contributed by atoms with Gasteiger partial charge in [0.1, 0.15) is 12.4 Å². The van der Waals surface area contributed by atoms with E-state index in [2.05, 4.69) is 0 Å². The molecule has 2 rings (SSSR count). The summed E-state index contributed by atoms with van der Waals surface area (Å²) in [5.41, 5.74) is 0.976. The molecule has 110 valence electrons. The standard InChI is InChI=1S/C17H17FO2S/c1-13(12-21-16-9-7-15(18)8-10-16)17(19)20-11-14-5-3-2-4-6-14/h2-10,13H,11-12H2,1H3. The van der Waals surface area contributed by atoms with Crippen LogP contribution < -0.4 is 0 Å². The Morgan fingerprint density at radius 2 is 1.81 bits per heavy atom. The predicted octanol–water partition coefficient (Wildman–Crippen LogP) is 4.30. The molecule has 4 heteroatoms. The third-order valence-corrected chi connectivity index (χ3v) is 4.21. The topological polar surface area (TPSA) is 26.3 Å². The van der Waals surface area contributed by atoms with Gasteiger partial charge in [0.05, 0.1) is 5.92 Å². The fourth-order valence-corrected chi connectivity index (χ4v) is 2.60. The number of esters is 1. The summed E-state index contributed by atoms with van der Waals surface area (Å²) >= 11 is 1.52. The number of hydrogen-bond acceptors (Lipinski definition) is 3. The van der Waals surface area contributed by atoms with Crippen molar-refractivity contribution in [1.82, 2.24) is 0 Å². The fourth-order valence-electron chi connectivity index (χ4n) is 1.69. The summed E-state index contributed by atoms with van der Waals surface area (Å²) in [5.74, 6) is -0.0638. The first-order valence-corrected chi connectivity index (χ1v) is 7.72. The molecule has 0 N–H and O–H groups in total. The second-order valence-electron chi connectivity index (χ2n) is 4.76. The maximum atomic E-state index is 12.8. The highest BCUT2D eigenvalue weighted by Gasteiger charge is 2.15. The lowest BCUT2D eigenvalue weighted by atomic mass is 10.2. The molecule has 1 unspecified atom stereocenters. The molecule has 1 atom stereocenters. The molecule has 0 aliphatic rings. The molecule has 0 heterocycles. The zero-order valence-electron chi connectivity index (χ0n) is 11.8. The summed E-state index contributed by atoms with van der Waals surface area (Å²) < 4.78 is 18.1. The van der Waals surface area contributed by atoms with Gasteiger partial charge < -0.3 is 4.74 Å². The Balaban J connectivity index is 1.76. The molecular weight excluding hydrogens is 287 g/mol.